The fourth-order valence-corrected chi connectivity index (χ4v) is 3.25. The molecule has 0 spiro atoms. The molecule has 2 aromatic heterocycles. The highest BCUT2D eigenvalue weighted by atomic mass is 32.1. The third-order valence-corrected chi connectivity index (χ3v) is 4.43. The van der Waals surface area contributed by atoms with Crippen molar-refractivity contribution in [1.29, 1.82) is 0 Å². The van der Waals surface area contributed by atoms with E-state index in [1.807, 2.05) is 0 Å². The van der Waals surface area contributed by atoms with Gasteiger partial charge < -0.3 is 25.2 Å². The number of carbonyl (C=O) groups excluding carboxylic acids is 1. The van der Waals surface area contributed by atoms with E-state index < -0.39 is 24.5 Å². The van der Waals surface area contributed by atoms with E-state index in [0.29, 0.717) is 10.3 Å². The molecule has 1 amide bonds. The summed E-state index contributed by atoms with van der Waals surface area (Å²) >= 11 is 0.943. The molecule has 1 saturated heterocycles. The monoisotopic (exact) mass is 355 g/mol. The summed E-state index contributed by atoms with van der Waals surface area (Å²) in [5, 5.41) is 10.3. The van der Waals surface area contributed by atoms with Crippen LogP contribution in [0.4, 0.5) is 10.7 Å². The van der Waals surface area contributed by atoms with Crippen LogP contribution in [0.3, 0.4) is 0 Å². The maximum Gasteiger partial charge on any atom is 0.409 e. The lowest BCUT2D eigenvalue weighted by Crippen LogP contribution is -2.28. The molecule has 2 aromatic rings. The Morgan fingerprint density at radius 1 is 1.62 bits per heavy atom. The molecule has 24 heavy (non-hydrogen) atoms. The number of aliphatic hydroxyl groups excluding tert-OH is 1. The third-order valence-electron chi connectivity index (χ3n) is 3.55. The molecule has 0 saturated carbocycles. The molecule has 3 heterocycles. The van der Waals surface area contributed by atoms with Gasteiger partial charge in [0.25, 0.3) is 0 Å². The molecule has 3 rings (SSSR count). The number of hydrogen-bond acceptors (Lipinski definition) is 9. The van der Waals surface area contributed by atoms with Crippen LogP contribution in [0.5, 0.6) is 0 Å². The molecule has 1 fully saturated rings. The van der Waals surface area contributed by atoms with E-state index in [0.717, 1.165) is 11.3 Å². The average molecular weight is 355 g/mol. The van der Waals surface area contributed by atoms with Crippen molar-refractivity contribution < 1.29 is 19.4 Å². The zero-order valence-corrected chi connectivity index (χ0v) is 13.9. The number of aromatic nitrogens is 3. The minimum absolute atomic E-state index is 0.0154. The molecule has 11 heteroatoms. The van der Waals surface area contributed by atoms with Gasteiger partial charge in [-0.3, -0.25) is 9.36 Å². The molecule has 3 atom stereocenters. The topological polar surface area (TPSA) is 133 Å². The predicted molar refractivity (Wildman–Crippen MR) is 85.7 cm³/mol. The van der Waals surface area contributed by atoms with Gasteiger partial charge >= 0.3 is 11.0 Å². The maximum absolute atomic E-state index is 12.2. The van der Waals surface area contributed by atoms with Crippen LogP contribution < -0.4 is 10.6 Å². The van der Waals surface area contributed by atoms with E-state index in [1.54, 1.807) is 14.1 Å². The molecule has 1 aliphatic rings. The Morgan fingerprint density at radius 2 is 2.38 bits per heavy atom. The van der Waals surface area contributed by atoms with Crippen LogP contribution in [-0.2, 0) is 9.47 Å². The SMILES string of the molecule is CN(C)C(=O)OC[C@@H]1C[C@@H](O)[C@H](n2c(=O)sc3cnc(N)nc32)O1. The summed E-state index contributed by atoms with van der Waals surface area (Å²) in [6.07, 6.45) is -1.18. The van der Waals surface area contributed by atoms with E-state index in [9.17, 15) is 14.7 Å². The van der Waals surface area contributed by atoms with Crippen molar-refractivity contribution in [1.82, 2.24) is 19.4 Å². The van der Waals surface area contributed by atoms with Gasteiger partial charge in [-0.1, -0.05) is 11.3 Å². The minimum Gasteiger partial charge on any atom is -0.447 e. The highest BCUT2D eigenvalue weighted by molar-refractivity contribution is 7.16. The second-order valence-corrected chi connectivity index (χ2v) is 6.57. The van der Waals surface area contributed by atoms with Crippen LogP contribution in [-0.4, -0.2) is 63.5 Å². The number of thiazole rings is 1. The number of carbonyl (C=O) groups is 1. The first-order valence-corrected chi connectivity index (χ1v) is 7.99. The number of rotatable bonds is 3. The normalized spacial score (nSPS) is 23.5. The van der Waals surface area contributed by atoms with Gasteiger partial charge in [0.05, 0.1) is 17.0 Å². The molecule has 130 valence electrons. The quantitative estimate of drug-likeness (QED) is 0.772. The van der Waals surface area contributed by atoms with E-state index >= 15 is 0 Å². The lowest BCUT2D eigenvalue weighted by Gasteiger charge is -2.17. The Kier molecular flexibility index (Phi) is 4.39. The molecule has 0 unspecified atom stereocenters. The van der Waals surface area contributed by atoms with Crippen LogP contribution in [0, 0.1) is 0 Å². The summed E-state index contributed by atoms with van der Waals surface area (Å²) < 4.78 is 12.6. The largest absolute Gasteiger partial charge is 0.447 e. The highest BCUT2D eigenvalue weighted by Crippen LogP contribution is 2.31. The average Bonchev–Trinajstić information content (AvgIpc) is 3.03. The van der Waals surface area contributed by atoms with Crippen LogP contribution in [0.15, 0.2) is 11.0 Å². The van der Waals surface area contributed by atoms with Crippen molar-refractivity contribution in [2.45, 2.75) is 24.9 Å². The number of nitrogen functional groups attached to an aromatic ring is 1. The molecule has 1 aliphatic heterocycles. The van der Waals surface area contributed by atoms with Gasteiger partial charge in [-0.15, -0.1) is 0 Å². The Morgan fingerprint density at radius 3 is 3.08 bits per heavy atom. The molecular weight excluding hydrogens is 338 g/mol. The minimum atomic E-state index is -0.931. The number of anilines is 1. The molecule has 0 aromatic carbocycles. The zero-order chi connectivity index (χ0) is 17.4. The second kappa shape index (κ2) is 6.34. The van der Waals surface area contributed by atoms with Crippen molar-refractivity contribution >= 4 is 33.7 Å². The van der Waals surface area contributed by atoms with Gasteiger partial charge in [-0.25, -0.2) is 9.78 Å². The highest BCUT2D eigenvalue weighted by Gasteiger charge is 2.38. The first-order valence-electron chi connectivity index (χ1n) is 7.18. The fourth-order valence-electron chi connectivity index (χ4n) is 2.44. The Labute approximate surface area is 140 Å². The molecule has 3 N–H and O–H groups in total. The van der Waals surface area contributed by atoms with Gasteiger partial charge in [0, 0.05) is 20.5 Å². The van der Waals surface area contributed by atoms with E-state index in [4.69, 9.17) is 15.2 Å². The van der Waals surface area contributed by atoms with Crippen molar-refractivity contribution in [3.05, 3.63) is 15.9 Å². The van der Waals surface area contributed by atoms with Gasteiger partial charge in [-0.05, 0) is 0 Å². The summed E-state index contributed by atoms with van der Waals surface area (Å²) in [6.45, 7) is -0.0154. The van der Waals surface area contributed by atoms with Crippen LogP contribution in [0.1, 0.15) is 12.6 Å². The lowest BCUT2D eigenvalue weighted by atomic mass is 10.2. The Balaban J connectivity index is 1.81. The summed E-state index contributed by atoms with van der Waals surface area (Å²) in [5.41, 5.74) is 5.89. The van der Waals surface area contributed by atoms with E-state index in [2.05, 4.69) is 9.97 Å². The lowest BCUT2D eigenvalue weighted by molar-refractivity contribution is -0.0528. The van der Waals surface area contributed by atoms with Crippen molar-refractivity contribution in [2.75, 3.05) is 26.4 Å². The summed E-state index contributed by atoms with van der Waals surface area (Å²) in [4.78, 5) is 32.6. The number of hydrogen-bond donors (Lipinski definition) is 2. The number of nitrogens with zero attached hydrogens (tertiary/aromatic N) is 4. The summed E-state index contributed by atoms with van der Waals surface area (Å²) in [5.74, 6) is 0.0259. The molecule has 0 radical (unpaired) electrons. The molecule has 10 nitrogen and oxygen atoms in total. The first kappa shape index (κ1) is 16.6. The van der Waals surface area contributed by atoms with Gasteiger partial charge in [0.2, 0.25) is 5.95 Å². The smallest absolute Gasteiger partial charge is 0.409 e. The van der Waals surface area contributed by atoms with Crippen molar-refractivity contribution in [3.8, 4) is 0 Å². The predicted octanol–water partition coefficient (Wildman–Crippen LogP) is -0.218. The van der Waals surface area contributed by atoms with E-state index in [1.165, 1.54) is 15.7 Å². The molecular formula is C13H17N5O5S. The van der Waals surface area contributed by atoms with Crippen LogP contribution in [0.25, 0.3) is 10.3 Å². The summed E-state index contributed by atoms with van der Waals surface area (Å²) in [7, 11) is 3.13. The van der Waals surface area contributed by atoms with Gasteiger partial charge in [0.15, 0.2) is 11.9 Å². The number of aliphatic hydroxyl groups is 1. The Bertz CT molecular complexity index is 819. The third kappa shape index (κ3) is 3.05. The number of amides is 1. The molecule has 0 bridgehead atoms. The Hall–Kier alpha value is -2.24. The maximum atomic E-state index is 12.2. The summed E-state index contributed by atoms with van der Waals surface area (Å²) in [6, 6.07) is 0. The van der Waals surface area contributed by atoms with Crippen molar-refractivity contribution in [3.63, 3.8) is 0 Å². The number of ether oxygens (including phenoxy) is 2. The number of nitrogens with two attached hydrogens (primary N) is 1. The second-order valence-electron chi connectivity index (χ2n) is 5.58. The first-order chi connectivity index (χ1) is 11.4. The van der Waals surface area contributed by atoms with E-state index in [-0.39, 0.29) is 23.8 Å². The zero-order valence-electron chi connectivity index (χ0n) is 13.1. The fraction of sp³-hybridized carbons (Fsp3) is 0.538. The van der Waals surface area contributed by atoms with Gasteiger partial charge in [-0.2, -0.15) is 4.98 Å². The van der Waals surface area contributed by atoms with Crippen molar-refractivity contribution in [2.24, 2.45) is 0 Å². The molecule has 0 aliphatic carbocycles. The van der Waals surface area contributed by atoms with Crippen LogP contribution >= 0.6 is 11.3 Å². The standard InChI is InChI=1S/C13H17N5O5S/c1-17(2)12(20)22-5-6-3-7(19)10(23-6)18-9-8(24-13(18)21)4-15-11(14)16-9/h4,6-7,10,19H,3,5H2,1-2H3,(H2,14,15,16)/t6-,7+,10+/m0/s1. The number of fused-ring (bicyclic) bond motifs is 1. The van der Waals surface area contributed by atoms with Gasteiger partial charge in [0.1, 0.15) is 12.7 Å². The van der Waals surface area contributed by atoms with Crippen LogP contribution in [0.2, 0.25) is 0 Å².